The second-order valence-corrected chi connectivity index (χ2v) is 5.79. The van der Waals surface area contributed by atoms with Gasteiger partial charge in [0.1, 0.15) is 11.6 Å². The van der Waals surface area contributed by atoms with Crippen LogP contribution in [-0.2, 0) is 4.79 Å². The second-order valence-electron chi connectivity index (χ2n) is 5.79. The normalized spacial score (nSPS) is 25.3. The fourth-order valence-corrected chi connectivity index (χ4v) is 2.91. The van der Waals surface area contributed by atoms with Gasteiger partial charge in [-0.15, -0.1) is 0 Å². The number of rotatable bonds is 5. The Labute approximate surface area is 124 Å². The van der Waals surface area contributed by atoms with Crippen molar-refractivity contribution in [1.29, 1.82) is 0 Å². The lowest BCUT2D eigenvalue weighted by Crippen LogP contribution is -2.52. The molecule has 0 bridgehead atoms. The molecule has 1 aromatic heterocycles. The molecule has 0 radical (unpaired) electrons. The van der Waals surface area contributed by atoms with Gasteiger partial charge in [0.05, 0.1) is 12.6 Å². The number of anilines is 1. The maximum atomic E-state index is 11.6. The highest BCUT2D eigenvalue weighted by molar-refractivity contribution is 5.77. The maximum absolute atomic E-state index is 11.6. The van der Waals surface area contributed by atoms with Crippen molar-refractivity contribution >= 4 is 11.7 Å². The lowest BCUT2D eigenvalue weighted by molar-refractivity contribution is -0.123. The number of nitrogens with zero attached hydrogens (tertiary/aromatic N) is 2. The van der Waals surface area contributed by atoms with Crippen LogP contribution in [0.15, 0.2) is 6.07 Å². The Morgan fingerprint density at radius 2 is 2.19 bits per heavy atom. The van der Waals surface area contributed by atoms with Gasteiger partial charge in [-0.2, -0.15) is 4.98 Å². The SMILES string of the molecule is CCOc1cc(N[C@@H]2CCC(=O)N[C@H]2C2CC2)nc(C)n1. The number of amides is 1. The molecule has 1 aliphatic carbocycles. The van der Waals surface area contributed by atoms with E-state index in [1.807, 2.05) is 19.9 Å². The first kappa shape index (κ1) is 14.1. The fourth-order valence-electron chi connectivity index (χ4n) is 2.91. The van der Waals surface area contributed by atoms with Gasteiger partial charge in [-0.1, -0.05) is 0 Å². The molecule has 2 heterocycles. The minimum Gasteiger partial charge on any atom is -0.478 e. The summed E-state index contributed by atoms with van der Waals surface area (Å²) in [5.41, 5.74) is 0. The third-order valence-electron chi connectivity index (χ3n) is 4.01. The summed E-state index contributed by atoms with van der Waals surface area (Å²) in [5, 5.41) is 6.59. The van der Waals surface area contributed by atoms with E-state index in [-0.39, 0.29) is 18.0 Å². The van der Waals surface area contributed by atoms with E-state index in [2.05, 4.69) is 20.6 Å². The third-order valence-corrected chi connectivity index (χ3v) is 4.01. The van der Waals surface area contributed by atoms with Crippen LogP contribution in [0.5, 0.6) is 5.88 Å². The second kappa shape index (κ2) is 5.87. The van der Waals surface area contributed by atoms with Crippen molar-refractivity contribution < 1.29 is 9.53 Å². The van der Waals surface area contributed by atoms with Crippen molar-refractivity contribution in [3.8, 4) is 5.88 Å². The average Bonchev–Trinajstić information content (AvgIpc) is 3.25. The molecule has 6 heteroatoms. The molecule has 21 heavy (non-hydrogen) atoms. The van der Waals surface area contributed by atoms with Gasteiger partial charge in [0.25, 0.3) is 0 Å². The molecular formula is C15H22N4O2. The summed E-state index contributed by atoms with van der Waals surface area (Å²) < 4.78 is 5.46. The van der Waals surface area contributed by atoms with Crippen LogP contribution in [0, 0.1) is 12.8 Å². The molecule has 1 aromatic rings. The zero-order chi connectivity index (χ0) is 14.8. The Morgan fingerprint density at radius 3 is 2.90 bits per heavy atom. The van der Waals surface area contributed by atoms with Crippen LogP contribution < -0.4 is 15.4 Å². The van der Waals surface area contributed by atoms with Crippen LogP contribution in [0.4, 0.5) is 5.82 Å². The van der Waals surface area contributed by atoms with Crippen molar-refractivity contribution in [2.45, 2.75) is 51.6 Å². The Hall–Kier alpha value is -1.85. The quantitative estimate of drug-likeness (QED) is 0.862. The molecule has 3 rings (SSSR count). The summed E-state index contributed by atoms with van der Waals surface area (Å²) in [7, 11) is 0. The minimum atomic E-state index is 0.166. The van der Waals surface area contributed by atoms with Crippen molar-refractivity contribution in [3.63, 3.8) is 0 Å². The monoisotopic (exact) mass is 290 g/mol. The van der Waals surface area contributed by atoms with E-state index in [1.54, 1.807) is 0 Å². The van der Waals surface area contributed by atoms with Crippen LogP contribution in [-0.4, -0.2) is 34.6 Å². The lowest BCUT2D eigenvalue weighted by Gasteiger charge is -2.33. The van der Waals surface area contributed by atoms with Crippen molar-refractivity contribution in [2.75, 3.05) is 11.9 Å². The number of aryl methyl sites for hydroxylation is 1. The fraction of sp³-hybridized carbons (Fsp3) is 0.667. The predicted molar refractivity (Wildman–Crippen MR) is 79.2 cm³/mol. The number of nitrogens with one attached hydrogen (secondary N) is 2. The number of aromatic nitrogens is 2. The Bertz CT molecular complexity index is 530. The molecule has 1 amide bonds. The van der Waals surface area contributed by atoms with Gasteiger partial charge in [-0.25, -0.2) is 4.98 Å². The molecule has 1 saturated carbocycles. The van der Waals surface area contributed by atoms with Crippen LogP contribution >= 0.6 is 0 Å². The Kier molecular flexibility index (Phi) is 3.94. The number of hydrogen-bond acceptors (Lipinski definition) is 5. The molecular weight excluding hydrogens is 268 g/mol. The molecule has 0 unspecified atom stereocenters. The zero-order valence-corrected chi connectivity index (χ0v) is 12.6. The molecule has 2 aliphatic rings. The smallest absolute Gasteiger partial charge is 0.220 e. The van der Waals surface area contributed by atoms with Gasteiger partial charge in [0.2, 0.25) is 11.8 Å². The number of ether oxygens (including phenoxy) is 1. The number of carbonyl (C=O) groups excluding carboxylic acids is 1. The van der Waals surface area contributed by atoms with E-state index in [1.165, 1.54) is 12.8 Å². The van der Waals surface area contributed by atoms with E-state index in [0.29, 0.717) is 30.7 Å². The zero-order valence-electron chi connectivity index (χ0n) is 12.6. The van der Waals surface area contributed by atoms with Gasteiger partial charge in [0, 0.05) is 18.5 Å². The van der Waals surface area contributed by atoms with Crippen LogP contribution in [0.1, 0.15) is 38.4 Å². The van der Waals surface area contributed by atoms with Gasteiger partial charge in [0.15, 0.2) is 0 Å². The van der Waals surface area contributed by atoms with Crippen LogP contribution in [0.25, 0.3) is 0 Å². The van der Waals surface area contributed by atoms with E-state index in [0.717, 1.165) is 12.2 Å². The topological polar surface area (TPSA) is 76.1 Å². The van der Waals surface area contributed by atoms with Gasteiger partial charge >= 0.3 is 0 Å². The number of piperidine rings is 1. The van der Waals surface area contributed by atoms with Gasteiger partial charge < -0.3 is 15.4 Å². The number of carbonyl (C=O) groups is 1. The van der Waals surface area contributed by atoms with Crippen molar-refractivity contribution in [2.24, 2.45) is 5.92 Å². The largest absolute Gasteiger partial charge is 0.478 e. The Morgan fingerprint density at radius 1 is 1.38 bits per heavy atom. The molecule has 6 nitrogen and oxygen atoms in total. The highest BCUT2D eigenvalue weighted by Gasteiger charge is 2.40. The first-order valence-electron chi connectivity index (χ1n) is 7.70. The standard InChI is InChI=1S/C15H22N4O2/c1-3-21-14-8-12(16-9(2)17-14)18-11-6-7-13(20)19-15(11)10-4-5-10/h8,10-11,15H,3-7H2,1-2H3,(H,19,20)(H,16,17,18)/t11-,15+/m1/s1. The maximum Gasteiger partial charge on any atom is 0.220 e. The van der Waals surface area contributed by atoms with Crippen LogP contribution in [0.3, 0.4) is 0 Å². The highest BCUT2D eigenvalue weighted by Crippen LogP contribution is 2.37. The predicted octanol–water partition coefficient (Wildman–Crippen LogP) is 1.65. The first-order valence-corrected chi connectivity index (χ1v) is 7.70. The molecule has 1 aliphatic heterocycles. The van der Waals surface area contributed by atoms with Crippen LogP contribution in [0.2, 0.25) is 0 Å². The summed E-state index contributed by atoms with van der Waals surface area (Å²) in [5.74, 6) is 2.83. The molecule has 0 spiro atoms. The highest BCUT2D eigenvalue weighted by atomic mass is 16.5. The van der Waals surface area contributed by atoms with E-state index in [4.69, 9.17) is 4.74 Å². The summed E-state index contributed by atoms with van der Waals surface area (Å²) in [6.07, 6.45) is 3.83. The Balaban J connectivity index is 1.73. The van der Waals surface area contributed by atoms with E-state index < -0.39 is 0 Å². The van der Waals surface area contributed by atoms with Gasteiger partial charge in [-0.05, 0) is 39.0 Å². The van der Waals surface area contributed by atoms with E-state index in [9.17, 15) is 4.79 Å². The summed E-state index contributed by atoms with van der Waals surface area (Å²) in [4.78, 5) is 20.3. The lowest BCUT2D eigenvalue weighted by atomic mass is 9.94. The van der Waals surface area contributed by atoms with Gasteiger partial charge in [-0.3, -0.25) is 4.79 Å². The molecule has 1 saturated heterocycles. The molecule has 2 atom stereocenters. The number of hydrogen-bond donors (Lipinski definition) is 2. The van der Waals surface area contributed by atoms with Crippen molar-refractivity contribution in [1.82, 2.24) is 15.3 Å². The van der Waals surface area contributed by atoms with E-state index >= 15 is 0 Å². The van der Waals surface area contributed by atoms with Crippen molar-refractivity contribution in [3.05, 3.63) is 11.9 Å². The summed E-state index contributed by atoms with van der Waals surface area (Å²) >= 11 is 0. The third kappa shape index (κ3) is 3.43. The molecule has 2 fully saturated rings. The molecule has 0 aromatic carbocycles. The average molecular weight is 290 g/mol. The summed E-state index contributed by atoms with van der Waals surface area (Å²) in [6.45, 7) is 4.37. The molecule has 114 valence electrons. The molecule has 2 N–H and O–H groups in total. The summed E-state index contributed by atoms with van der Waals surface area (Å²) in [6, 6.07) is 2.28. The minimum absolute atomic E-state index is 0.166. The first-order chi connectivity index (χ1) is 10.2.